The number of carbonyl (C=O) groups is 1. The number of phenols is 1. The number of rotatable bonds is 3. The van der Waals surface area contributed by atoms with Crippen molar-refractivity contribution in [3.8, 4) is 5.75 Å². The number of phenolic OH excluding ortho intramolecular Hbond substituents is 1. The molecule has 0 aromatic heterocycles. The van der Waals surface area contributed by atoms with Crippen LogP contribution in [0.25, 0.3) is 0 Å². The Morgan fingerprint density at radius 3 is 2.73 bits per heavy atom. The van der Waals surface area contributed by atoms with Gasteiger partial charge in [-0.2, -0.15) is 0 Å². The molecule has 82 valence electrons. The highest BCUT2D eigenvalue weighted by Crippen LogP contribution is 2.36. The van der Waals surface area contributed by atoms with E-state index in [0.717, 1.165) is 0 Å². The monoisotopic (exact) mass is 291 g/mol. The first-order valence-electron chi connectivity index (χ1n) is 4.46. The molecule has 1 rings (SSSR count). The van der Waals surface area contributed by atoms with Crippen molar-refractivity contribution in [3.05, 3.63) is 26.7 Å². The van der Waals surface area contributed by atoms with E-state index in [9.17, 15) is 9.90 Å². The molecular weight excluding hydrogens is 281 g/mol. The Bertz CT molecular complexity index is 407. The zero-order chi connectivity index (χ0) is 11.6. The highest BCUT2D eigenvalue weighted by atomic mass is 79.9. The fraction of sp³-hybridized carbons (Fsp3) is 0.300. The van der Waals surface area contributed by atoms with Crippen molar-refractivity contribution in [1.29, 1.82) is 0 Å². The van der Waals surface area contributed by atoms with Crippen LogP contribution in [0.4, 0.5) is 0 Å². The summed E-state index contributed by atoms with van der Waals surface area (Å²) >= 11 is 9.11. The average Bonchev–Trinajstić information content (AvgIpc) is 2.23. The second-order valence-corrected chi connectivity index (χ2v) is 4.23. The van der Waals surface area contributed by atoms with Crippen LogP contribution in [0.2, 0.25) is 5.02 Å². The van der Waals surface area contributed by atoms with Crippen LogP contribution in [-0.4, -0.2) is 10.9 Å². The third-order valence-electron chi connectivity index (χ3n) is 2.11. The van der Waals surface area contributed by atoms with Gasteiger partial charge in [-0.1, -0.05) is 18.5 Å². The van der Waals surface area contributed by atoms with Gasteiger partial charge in [0.05, 0.1) is 10.0 Å². The Morgan fingerprint density at radius 2 is 2.27 bits per heavy atom. The van der Waals surface area contributed by atoms with Gasteiger partial charge in [0.2, 0.25) is 0 Å². The van der Waals surface area contributed by atoms with E-state index >= 15 is 0 Å². The van der Waals surface area contributed by atoms with Gasteiger partial charge in [0, 0.05) is 23.6 Å². The summed E-state index contributed by atoms with van der Waals surface area (Å²) in [6, 6.07) is 1.45. The molecule has 1 aromatic carbocycles. The van der Waals surface area contributed by atoms with E-state index in [1.807, 2.05) is 0 Å². The van der Waals surface area contributed by atoms with Crippen LogP contribution in [0.15, 0.2) is 10.5 Å². The predicted octanol–water partition coefficient (Wildman–Crippen LogP) is 2.86. The van der Waals surface area contributed by atoms with Crippen molar-refractivity contribution in [2.75, 3.05) is 0 Å². The Balaban J connectivity index is 3.40. The molecule has 1 aromatic rings. The third-order valence-corrected chi connectivity index (χ3v) is 3.30. The minimum Gasteiger partial charge on any atom is -0.506 e. The van der Waals surface area contributed by atoms with Crippen LogP contribution >= 0.6 is 27.5 Å². The summed E-state index contributed by atoms with van der Waals surface area (Å²) in [4.78, 5) is 11.5. The van der Waals surface area contributed by atoms with E-state index in [4.69, 9.17) is 17.3 Å². The fourth-order valence-corrected chi connectivity index (χ4v) is 2.22. The lowest BCUT2D eigenvalue weighted by molar-refractivity contribution is 0.0985. The van der Waals surface area contributed by atoms with Gasteiger partial charge in [0.1, 0.15) is 5.75 Å². The second-order valence-electron chi connectivity index (χ2n) is 3.03. The number of aromatic hydroxyl groups is 1. The van der Waals surface area contributed by atoms with Crippen LogP contribution in [0, 0.1) is 0 Å². The SMILES string of the molecule is CCC(=O)c1cc(Cl)c(CN)c(Br)c1O. The Hall–Kier alpha value is -0.580. The summed E-state index contributed by atoms with van der Waals surface area (Å²) in [7, 11) is 0. The zero-order valence-electron chi connectivity index (χ0n) is 8.18. The lowest BCUT2D eigenvalue weighted by atomic mass is 10.0. The maximum Gasteiger partial charge on any atom is 0.166 e. The van der Waals surface area contributed by atoms with Gasteiger partial charge in [-0.15, -0.1) is 0 Å². The average molecular weight is 293 g/mol. The fourth-order valence-electron chi connectivity index (χ4n) is 1.24. The highest BCUT2D eigenvalue weighted by Gasteiger charge is 2.17. The van der Waals surface area contributed by atoms with Crippen molar-refractivity contribution in [2.45, 2.75) is 19.9 Å². The van der Waals surface area contributed by atoms with Crippen LogP contribution in [0.3, 0.4) is 0 Å². The molecule has 0 spiro atoms. The Labute approximate surface area is 101 Å². The molecule has 0 aliphatic heterocycles. The molecule has 0 unspecified atom stereocenters. The Kier molecular flexibility index (Phi) is 4.13. The molecule has 3 nitrogen and oxygen atoms in total. The minimum atomic E-state index is -0.154. The van der Waals surface area contributed by atoms with Crippen molar-refractivity contribution in [3.63, 3.8) is 0 Å². The molecule has 15 heavy (non-hydrogen) atoms. The molecule has 0 saturated heterocycles. The maximum absolute atomic E-state index is 11.5. The maximum atomic E-state index is 11.5. The van der Waals surface area contributed by atoms with Gasteiger partial charge in [-0.05, 0) is 22.0 Å². The summed E-state index contributed by atoms with van der Waals surface area (Å²) in [6.07, 6.45) is 0.318. The number of hydrogen-bond acceptors (Lipinski definition) is 3. The van der Waals surface area contributed by atoms with Gasteiger partial charge < -0.3 is 10.8 Å². The van der Waals surface area contributed by atoms with Crippen molar-refractivity contribution in [1.82, 2.24) is 0 Å². The third kappa shape index (κ3) is 2.33. The number of hydrogen-bond donors (Lipinski definition) is 2. The molecular formula is C10H11BrClNO2. The van der Waals surface area contributed by atoms with E-state index in [-0.39, 0.29) is 23.6 Å². The molecule has 0 atom stereocenters. The molecule has 0 saturated carbocycles. The first-order chi connectivity index (χ1) is 7.02. The number of nitrogens with two attached hydrogens (primary N) is 1. The van der Waals surface area contributed by atoms with Crippen molar-refractivity contribution in [2.24, 2.45) is 5.73 Å². The van der Waals surface area contributed by atoms with Crippen LogP contribution < -0.4 is 5.73 Å². The summed E-state index contributed by atoms with van der Waals surface area (Å²) in [5.41, 5.74) is 6.30. The number of Topliss-reactive ketones (excluding diaryl/α,β-unsaturated/α-hetero) is 1. The molecule has 0 heterocycles. The minimum absolute atomic E-state index is 0.0910. The molecule has 3 N–H and O–H groups in total. The number of carbonyl (C=O) groups excluding carboxylic acids is 1. The number of halogens is 2. The van der Waals surface area contributed by atoms with Crippen molar-refractivity contribution >= 4 is 33.3 Å². The lowest BCUT2D eigenvalue weighted by Crippen LogP contribution is -2.03. The van der Waals surface area contributed by atoms with Gasteiger partial charge in [-0.3, -0.25) is 4.79 Å². The summed E-state index contributed by atoms with van der Waals surface area (Å²) < 4.78 is 0.398. The summed E-state index contributed by atoms with van der Waals surface area (Å²) in [6.45, 7) is 1.92. The topological polar surface area (TPSA) is 63.3 Å². The van der Waals surface area contributed by atoms with Gasteiger partial charge >= 0.3 is 0 Å². The van der Waals surface area contributed by atoms with Gasteiger partial charge in [0.15, 0.2) is 5.78 Å². The molecule has 0 fully saturated rings. The van der Waals surface area contributed by atoms with E-state index in [0.29, 0.717) is 21.5 Å². The first-order valence-corrected chi connectivity index (χ1v) is 5.63. The smallest absolute Gasteiger partial charge is 0.166 e. The molecule has 0 aliphatic rings. The summed E-state index contributed by atoms with van der Waals surface area (Å²) in [5.74, 6) is -0.245. The van der Waals surface area contributed by atoms with Gasteiger partial charge in [-0.25, -0.2) is 0 Å². The van der Waals surface area contributed by atoms with E-state index < -0.39 is 0 Å². The molecule has 0 amide bonds. The molecule has 0 bridgehead atoms. The summed E-state index contributed by atoms with van der Waals surface area (Å²) in [5, 5.41) is 10.1. The largest absolute Gasteiger partial charge is 0.506 e. The van der Waals surface area contributed by atoms with Gasteiger partial charge in [0.25, 0.3) is 0 Å². The van der Waals surface area contributed by atoms with E-state index in [1.165, 1.54) is 6.07 Å². The first kappa shape index (κ1) is 12.5. The standard InChI is InChI=1S/C10H11BrClNO2/c1-2-8(14)5-3-7(12)6(4-13)9(11)10(5)15/h3,15H,2,4,13H2,1H3. The molecule has 0 radical (unpaired) electrons. The van der Waals surface area contributed by atoms with Crippen LogP contribution in [0.5, 0.6) is 5.75 Å². The molecule has 5 heteroatoms. The van der Waals surface area contributed by atoms with E-state index in [1.54, 1.807) is 6.92 Å². The Morgan fingerprint density at radius 1 is 1.67 bits per heavy atom. The number of benzene rings is 1. The van der Waals surface area contributed by atoms with Crippen molar-refractivity contribution < 1.29 is 9.90 Å². The van der Waals surface area contributed by atoms with Crippen LogP contribution in [-0.2, 0) is 6.54 Å². The quantitative estimate of drug-likeness (QED) is 0.842. The normalized spacial score (nSPS) is 10.4. The zero-order valence-corrected chi connectivity index (χ0v) is 10.5. The van der Waals surface area contributed by atoms with Crippen LogP contribution in [0.1, 0.15) is 29.3 Å². The second kappa shape index (κ2) is 4.96. The number of ketones is 1. The van der Waals surface area contributed by atoms with E-state index in [2.05, 4.69) is 15.9 Å². The lowest BCUT2D eigenvalue weighted by Gasteiger charge is -2.10. The predicted molar refractivity (Wildman–Crippen MR) is 63.3 cm³/mol. The molecule has 0 aliphatic carbocycles. The highest BCUT2D eigenvalue weighted by molar-refractivity contribution is 9.10.